The first-order chi connectivity index (χ1) is 9.83. The fourth-order valence-corrected chi connectivity index (χ4v) is 2.56. The first-order valence-electron chi connectivity index (χ1n) is 7.46. The Morgan fingerprint density at radius 1 is 1.33 bits per heavy atom. The Labute approximate surface area is 123 Å². The summed E-state index contributed by atoms with van der Waals surface area (Å²) in [5.41, 5.74) is 1.62. The fourth-order valence-electron chi connectivity index (χ4n) is 2.56. The van der Waals surface area contributed by atoms with Gasteiger partial charge in [0.15, 0.2) is 0 Å². The molecule has 21 heavy (non-hydrogen) atoms. The van der Waals surface area contributed by atoms with E-state index in [1.165, 1.54) is 37.8 Å². The number of hydrogen-bond donors (Lipinski definition) is 1. The summed E-state index contributed by atoms with van der Waals surface area (Å²) >= 11 is 0. The number of halogens is 3. The minimum absolute atomic E-state index is 0.179. The molecule has 0 bridgehead atoms. The van der Waals surface area contributed by atoms with E-state index in [-0.39, 0.29) is 11.8 Å². The van der Waals surface area contributed by atoms with Crippen LogP contribution in [0.4, 0.5) is 18.9 Å². The summed E-state index contributed by atoms with van der Waals surface area (Å²) in [5.74, 6) is 0.664. The summed E-state index contributed by atoms with van der Waals surface area (Å²) in [5, 5.41) is 3.29. The molecule has 0 radical (unpaired) electrons. The lowest BCUT2D eigenvalue weighted by Gasteiger charge is -2.27. The SMILES string of the molecule is Cc1ccc(OC(F)(F)F)cc1NC(C)CCC1CCC1. The standard InChI is InChI=1S/C16H22F3NO/c1-11-6-9-14(21-16(17,18)19)10-15(11)20-12(2)7-8-13-4-3-5-13/h6,9-10,12-13,20H,3-5,7-8H2,1-2H3. The minimum atomic E-state index is -4.65. The van der Waals surface area contributed by atoms with Gasteiger partial charge in [-0.05, 0) is 44.2 Å². The third kappa shape index (κ3) is 5.14. The Kier molecular flexibility index (Phi) is 5.01. The zero-order valence-corrected chi connectivity index (χ0v) is 12.5. The molecular formula is C16H22F3NO. The second kappa shape index (κ2) is 6.58. The molecule has 1 aromatic carbocycles. The highest BCUT2D eigenvalue weighted by atomic mass is 19.4. The van der Waals surface area contributed by atoms with E-state index in [2.05, 4.69) is 17.0 Å². The molecule has 0 aliphatic heterocycles. The van der Waals surface area contributed by atoms with Gasteiger partial charge in [0, 0.05) is 17.8 Å². The average molecular weight is 301 g/mol. The van der Waals surface area contributed by atoms with E-state index in [0.29, 0.717) is 5.69 Å². The molecule has 1 fully saturated rings. The van der Waals surface area contributed by atoms with Gasteiger partial charge in [0.25, 0.3) is 0 Å². The quantitative estimate of drug-likeness (QED) is 0.772. The topological polar surface area (TPSA) is 21.3 Å². The third-order valence-electron chi connectivity index (χ3n) is 4.08. The fraction of sp³-hybridized carbons (Fsp3) is 0.625. The lowest BCUT2D eigenvalue weighted by Crippen LogP contribution is -2.20. The van der Waals surface area contributed by atoms with Crippen molar-refractivity contribution in [1.82, 2.24) is 0 Å². The molecule has 1 aliphatic rings. The molecule has 2 nitrogen and oxygen atoms in total. The van der Waals surface area contributed by atoms with E-state index < -0.39 is 6.36 Å². The predicted octanol–water partition coefficient (Wildman–Crippen LogP) is 5.27. The van der Waals surface area contributed by atoms with Crippen LogP contribution in [0.2, 0.25) is 0 Å². The van der Waals surface area contributed by atoms with Gasteiger partial charge < -0.3 is 10.1 Å². The number of hydrogen-bond acceptors (Lipinski definition) is 2. The first-order valence-corrected chi connectivity index (χ1v) is 7.46. The van der Waals surface area contributed by atoms with Gasteiger partial charge in [-0.15, -0.1) is 13.2 Å². The number of ether oxygens (including phenoxy) is 1. The summed E-state index contributed by atoms with van der Waals surface area (Å²) in [7, 11) is 0. The Bertz CT molecular complexity index is 469. The molecule has 0 aromatic heterocycles. The lowest BCUT2D eigenvalue weighted by molar-refractivity contribution is -0.274. The molecule has 5 heteroatoms. The van der Waals surface area contributed by atoms with Crippen molar-refractivity contribution in [3.8, 4) is 5.75 Å². The van der Waals surface area contributed by atoms with Crippen LogP contribution in [0.1, 0.15) is 44.6 Å². The van der Waals surface area contributed by atoms with E-state index >= 15 is 0 Å². The average Bonchev–Trinajstić information content (AvgIpc) is 2.29. The molecule has 0 heterocycles. The van der Waals surface area contributed by atoms with Gasteiger partial charge in [0.05, 0.1) is 0 Å². The summed E-state index contributed by atoms with van der Waals surface area (Å²) in [6, 6.07) is 4.64. The first kappa shape index (κ1) is 16.0. The normalized spacial score (nSPS) is 17.2. The van der Waals surface area contributed by atoms with Gasteiger partial charge >= 0.3 is 6.36 Å². The third-order valence-corrected chi connectivity index (χ3v) is 4.08. The predicted molar refractivity (Wildman–Crippen MR) is 77.5 cm³/mol. The second-order valence-electron chi connectivity index (χ2n) is 5.94. The number of aryl methyl sites for hydroxylation is 1. The number of anilines is 1. The highest BCUT2D eigenvalue weighted by molar-refractivity contribution is 5.55. The van der Waals surface area contributed by atoms with Crippen molar-refractivity contribution in [2.24, 2.45) is 5.92 Å². The number of alkyl halides is 3. The number of rotatable bonds is 6. The van der Waals surface area contributed by atoms with Crippen LogP contribution in [-0.2, 0) is 0 Å². The van der Waals surface area contributed by atoms with Crippen molar-refractivity contribution in [1.29, 1.82) is 0 Å². The molecule has 1 unspecified atom stereocenters. The van der Waals surface area contributed by atoms with E-state index in [4.69, 9.17) is 0 Å². The second-order valence-corrected chi connectivity index (χ2v) is 5.94. The van der Waals surface area contributed by atoms with Crippen LogP contribution in [0.3, 0.4) is 0 Å². The van der Waals surface area contributed by atoms with Crippen molar-refractivity contribution in [3.63, 3.8) is 0 Å². The maximum atomic E-state index is 12.2. The lowest BCUT2D eigenvalue weighted by atomic mass is 9.81. The summed E-state index contributed by atoms with van der Waals surface area (Å²) in [6.45, 7) is 3.94. The molecule has 1 atom stereocenters. The van der Waals surface area contributed by atoms with Crippen LogP contribution >= 0.6 is 0 Å². The summed E-state index contributed by atoms with van der Waals surface area (Å²) in [6.07, 6.45) is 1.55. The zero-order chi connectivity index (χ0) is 15.5. The van der Waals surface area contributed by atoms with Crippen molar-refractivity contribution in [2.75, 3.05) is 5.32 Å². The van der Waals surface area contributed by atoms with Crippen LogP contribution in [0, 0.1) is 12.8 Å². The molecule has 118 valence electrons. The van der Waals surface area contributed by atoms with Crippen LogP contribution in [0.15, 0.2) is 18.2 Å². The Morgan fingerprint density at radius 3 is 2.62 bits per heavy atom. The highest BCUT2D eigenvalue weighted by Crippen LogP contribution is 2.32. The maximum absolute atomic E-state index is 12.2. The van der Waals surface area contributed by atoms with E-state index in [0.717, 1.165) is 17.9 Å². The molecule has 0 spiro atoms. The van der Waals surface area contributed by atoms with Gasteiger partial charge in [-0.25, -0.2) is 0 Å². The van der Waals surface area contributed by atoms with Gasteiger partial charge in [-0.2, -0.15) is 0 Å². The number of nitrogens with one attached hydrogen (secondary N) is 1. The number of benzene rings is 1. The van der Waals surface area contributed by atoms with Crippen molar-refractivity contribution in [3.05, 3.63) is 23.8 Å². The molecule has 0 amide bonds. The van der Waals surface area contributed by atoms with Gasteiger partial charge in [-0.3, -0.25) is 0 Å². The van der Waals surface area contributed by atoms with E-state index in [1.807, 2.05) is 6.92 Å². The van der Waals surface area contributed by atoms with E-state index in [9.17, 15) is 13.2 Å². The van der Waals surface area contributed by atoms with Crippen LogP contribution < -0.4 is 10.1 Å². The van der Waals surface area contributed by atoms with Crippen molar-refractivity contribution >= 4 is 5.69 Å². The molecule has 1 saturated carbocycles. The van der Waals surface area contributed by atoms with Gasteiger partial charge in [-0.1, -0.05) is 25.3 Å². The maximum Gasteiger partial charge on any atom is 0.573 e. The monoisotopic (exact) mass is 301 g/mol. The summed E-state index contributed by atoms with van der Waals surface area (Å²) < 4.78 is 40.7. The smallest absolute Gasteiger partial charge is 0.406 e. The molecular weight excluding hydrogens is 279 g/mol. The molecule has 1 aliphatic carbocycles. The van der Waals surface area contributed by atoms with Crippen LogP contribution in [0.5, 0.6) is 5.75 Å². The van der Waals surface area contributed by atoms with Gasteiger partial charge in [0.1, 0.15) is 5.75 Å². The minimum Gasteiger partial charge on any atom is -0.406 e. The Hall–Kier alpha value is -1.39. The highest BCUT2D eigenvalue weighted by Gasteiger charge is 2.31. The molecule has 0 saturated heterocycles. The largest absolute Gasteiger partial charge is 0.573 e. The Morgan fingerprint density at radius 2 is 2.05 bits per heavy atom. The van der Waals surface area contributed by atoms with Crippen LogP contribution in [-0.4, -0.2) is 12.4 Å². The van der Waals surface area contributed by atoms with Crippen molar-refractivity contribution in [2.45, 2.75) is 58.4 Å². The van der Waals surface area contributed by atoms with Gasteiger partial charge in [0.2, 0.25) is 0 Å². The molecule has 1 aromatic rings. The molecule has 2 rings (SSSR count). The summed E-state index contributed by atoms with van der Waals surface area (Å²) in [4.78, 5) is 0. The van der Waals surface area contributed by atoms with Crippen molar-refractivity contribution < 1.29 is 17.9 Å². The molecule has 1 N–H and O–H groups in total. The Balaban J connectivity index is 1.92. The zero-order valence-electron chi connectivity index (χ0n) is 12.5. The van der Waals surface area contributed by atoms with E-state index in [1.54, 1.807) is 6.07 Å². The van der Waals surface area contributed by atoms with Crippen LogP contribution in [0.25, 0.3) is 0 Å².